The van der Waals surface area contributed by atoms with Gasteiger partial charge in [-0.2, -0.15) is 4.98 Å². The van der Waals surface area contributed by atoms with Gasteiger partial charge in [-0.3, -0.25) is 0 Å². The van der Waals surface area contributed by atoms with Gasteiger partial charge in [0.2, 0.25) is 5.82 Å². The molecule has 0 saturated carbocycles. The van der Waals surface area contributed by atoms with Crippen LogP contribution in [0.4, 0.5) is 0 Å². The number of phenolic OH excluding ortho intramolecular Hbond substituents is 1. The van der Waals surface area contributed by atoms with E-state index in [1.165, 1.54) is 6.07 Å². The lowest BCUT2D eigenvalue weighted by Gasteiger charge is -2.06. The number of hydrogen-bond donors (Lipinski definition) is 1. The summed E-state index contributed by atoms with van der Waals surface area (Å²) in [5.74, 6) is 1.01. The zero-order valence-electron chi connectivity index (χ0n) is 14.8. The van der Waals surface area contributed by atoms with Crippen LogP contribution >= 0.6 is 0 Å². The number of benzene rings is 2. The summed E-state index contributed by atoms with van der Waals surface area (Å²) in [4.78, 5) is 16.2. The van der Waals surface area contributed by atoms with Crippen LogP contribution in [-0.2, 0) is 18.0 Å². The van der Waals surface area contributed by atoms with Crippen LogP contribution in [0.3, 0.4) is 0 Å². The molecule has 0 aliphatic carbocycles. The van der Waals surface area contributed by atoms with Gasteiger partial charge < -0.3 is 23.8 Å². The first kappa shape index (κ1) is 18.2. The fraction of sp³-hybridized carbons (Fsp3) is 0.211. The maximum atomic E-state index is 12.1. The van der Waals surface area contributed by atoms with Crippen LogP contribution in [0.1, 0.15) is 27.6 Å². The normalized spacial score (nSPS) is 10.4. The average Bonchev–Trinajstić information content (AvgIpc) is 3.15. The van der Waals surface area contributed by atoms with E-state index in [-0.39, 0.29) is 30.4 Å². The Hall–Kier alpha value is -3.55. The van der Waals surface area contributed by atoms with Crippen molar-refractivity contribution < 1.29 is 28.6 Å². The molecule has 140 valence electrons. The lowest BCUT2D eigenvalue weighted by Crippen LogP contribution is -2.06. The molecule has 8 nitrogen and oxygen atoms in total. The molecule has 0 saturated heterocycles. The average molecular weight is 370 g/mol. The summed E-state index contributed by atoms with van der Waals surface area (Å²) in [6, 6.07) is 11.9. The number of esters is 1. The van der Waals surface area contributed by atoms with Crippen molar-refractivity contribution in [2.24, 2.45) is 0 Å². The van der Waals surface area contributed by atoms with Crippen LogP contribution in [0.2, 0.25) is 0 Å². The molecule has 0 atom stereocenters. The molecule has 0 bridgehead atoms. The van der Waals surface area contributed by atoms with Crippen molar-refractivity contribution >= 4 is 5.97 Å². The molecule has 0 fully saturated rings. The third kappa shape index (κ3) is 4.55. The quantitative estimate of drug-likeness (QED) is 0.633. The number of carbonyl (C=O) groups is 1. The monoisotopic (exact) mass is 370 g/mol. The highest BCUT2D eigenvalue weighted by Crippen LogP contribution is 2.22. The fourth-order valence-electron chi connectivity index (χ4n) is 2.26. The largest absolute Gasteiger partial charge is 0.507 e. The number of methoxy groups -OCH3 is 1. The molecule has 0 unspecified atom stereocenters. The van der Waals surface area contributed by atoms with E-state index in [1.807, 2.05) is 0 Å². The summed E-state index contributed by atoms with van der Waals surface area (Å²) in [5, 5.41) is 13.7. The van der Waals surface area contributed by atoms with Gasteiger partial charge in [-0.1, -0.05) is 17.3 Å². The summed E-state index contributed by atoms with van der Waals surface area (Å²) >= 11 is 0. The second-order valence-electron chi connectivity index (χ2n) is 5.62. The van der Waals surface area contributed by atoms with Gasteiger partial charge in [0.15, 0.2) is 13.2 Å². The third-order valence-electron chi connectivity index (χ3n) is 3.72. The first-order chi connectivity index (χ1) is 13.1. The molecular weight excluding hydrogens is 352 g/mol. The Bertz CT molecular complexity index is 920. The fourth-order valence-corrected chi connectivity index (χ4v) is 2.26. The van der Waals surface area contributed by atoms with E-state index < -0.39 is 5.97 Å². The van der Waals surface area contributed by atoms with Gasteiger partial charge in [-0.15, -0.1) is 0 Å². The highest BCUT2D eigenvalue weighted by Gasteiger charge is 2.16. The van der Waals surface area contributed by atoms with Crippen LogP contribution in [0.15, 0.2) is 47.0 Å². The SMILES string of the molecule is COc1ccc(OCc2noc(COC(=O)c3cccc(C)c3O)n2)cc1. The molecule has 1 N–H and O–H groups in total. The summed E-state index contributed by atoms with van der Waals surface area (Å²) in [6.07, 6.45) is 0. The van der Waals surface area contributed by atoms with Crippen molar-refractivity contribution in [3.63, 3.8) is 0 Å². The first-order valence-electron chi connectivity index (χ1n) is 8.11. The van der Waals surface area contributed by atoms with E-state index in [0.29, 0.717) is 17.1 Å². The van der Waals surface area contributed by atoms with Crippen LogP contribution < -0.4 is 9.47 Å². The number of aromatic hydroxyl groups is 1. The van der Waals surface area contributed by atoms with Gasteiger partial charge in [0.25, 0.3) is 5.89 Å². The number of hydrogen-bond acceptors (Lipinski definition) is 8. The minimum atomic E-state index is -0.676. The van der Waals surface area contributed by atoms with E-state index in [4.69, 9.17) is 18.7 Å². The molecule has 0 spiro atoms. The van der Waals surface area contributed by atoms with Crippen molar-refractivity contribution in [1.82, 2.24) is 10.1 Å². The van der Waals surface area contributed by atoms with Gasteiger partial charge in [0.05, 0.1) is 7.11 Å². The highest BCUT2D eigenvalue weighted by atomic mass is 16.6. The minimum Gasteiger partial charge on any atom is -0.507 e. The number of aromatic nitrogens is 2. The third-order valence-corrected chi connectivity index (χ3v) is 3.72. The predicted octanol–water partition coefficient (Wildman–Crippen LogP) is 3.03. The Morgan fingerprint density at radius 3 is 2.59 bits per heavy atom. The number of rotatable bonds is 7. The molecule has 1 aromatic heterocycles. The highest BCUT2D eigenvalue weighted by molar-refractivity contribution is 5.92. The molecule has 3 aromatic rings. The van der Waals surface area contributed by atoms with Crippen LogP contribution in [0.25, 0.3) is 0 Å². The van der Waals surface area contributed by atoms with Crippen molar-refractivity contribution in [2.45, 2.75) is 20.1 Å². The number of aryl methyl sites for hydroxylation is 1. The zero-order chi connectivity index (χ0) is 19.2. The lowest BCUT2D eigenvalue weighted by molar-refractivity contribution is 0.0426. The van der Waals surface area contributed by atoms with Gasteiger partial charge in [-0.25, -0.2) is 4.79 Å². The Morgan fingerprint density at radius 1 is 1.11 bits per heavy atom. The number of phenols is 1. The maximum Gasteiger partial charge on any atom is 0.342 e. The Morgan fingerprint density at radius 2 is 1.85 bits per heavy atom. The van der Waals surface area contributed by atoms with E-state index >= 15 is 0 Å². The number of nitrogens with zero attached hydrogens (tertiary/aromatic N) is 2. The van der Waals surface area contributed by atoms with Crippen LogP contribution in [0, 0.1) is 6.92 Å². The van der Waals surface area contributed by atoms with E-state index in [1.54, 1.807) is 50.4 Å². The second kappa shape index (κ2) is 8.22. The van der Waals surface area contributed by atoms with Crippen molar-refractivity contribution in [3.05, 3.63) is 65.3 Å². The molecule has 3 rings (SSSR count). The van der Waals surface area contributed by atoms with Crippen molar-refractivity contribution in [3.8, 4) is 17.2 Å². The molecule has 27 heavy (non-hydrogen) atoms. The molecule has 1 heterocycles. The van der Waals surface area contributed by atoms with Gasteiger partial charge in [-0.05, 0) is 42.8 Å². The zero-order valence-corrected chi connectivity index (χ0v) is 14.8. The molecular formula is C19H18N2O6. The molecule has 8 heteroatoms. The molecule has 0 amide bonds. The topological polar surface area (TPSA) is 104 Å². The van der Waals surface area contributed by atoms with Crippen LogP contribution in [-0.4, -0.2) is 28.3 Å². The van der Waals surface area contributed by atoms with Crippen molar-refractivity contribution in [2.75, 3.05) is 7.11 Å². The summed E-state index contributed by atoms with van der Waals surface area (Å²) in [5.41, 5.74) is 0.665. The first-order valence-corrected chi connectivity index (χ1v) is 8.11. The lowest BCUT2D eigenvalue weighted by atomic mass is 10.1. The van der Waals surface area contributed by atoms with E-state index in [9.17, 15) is 9.90 Å². The smallest absolute Gasteiger partial charge is 0.342 e. The summed E-state index contributed by atoms with van der Waals surface area (Å²) in [7, 11) is 1.59. The predicted molar refractivity (Wildman–Crippen MR) is 93.6 cm³/mol. The standard InChI is InChI=1S/C19H18N2O6/c1-12-4-3-5-15(18(12)22)19(23)26-11-17-20-16(21-27-17)10-25-14-8-6-13(24-2)7-9-14/h3-9,22H,10-11H2,1-2H3. The Labute approximate surface area is 155 Å². The Kier molecular flexibility index (Phi) is 5.55. The number of ether oxygens (including phenoxy) is 3. The van der Waals surface area contributed by atoms with Gasteiger partial charge in [0, 0.05) is 0 Å². The van der Waals surface area contributed by atoms with Crippen LogP contribution in [0.5, 0.6) is 17.2 Å². The molecule has 0 aliphatic heterocycles. The van der Waals surface area contributed by atoms with Gasteiger partial charge in [0.1, 0.15) is 22.8 Å². The minimum absolute atomic E-state index is 0.0811. The Balaban J connectivity index is 1.53. The molecule has 0 radical (unpaired) electrons. The summed E-state index contributed by atoms with van der Waals surface area (Å²) in [6.45, 7) is 1.59. The summed E-state index contributed by atoms with van der Waals surface area (Å²) < 4.78 is 20.8. The number of carbonyl (C=O) groups excluding carboxylic acids is 1. The molecule has 0 aliphatic rings. The van der Waals surface area contributed by atoms with Gasteiger partial charge >= 0.3 is 5.97 Å². The molecule has 2 aromatic carbocycles. The van der Waals surface area contributed by atoms with E-state index in [2.05, 4.69) is 10.1 Å². The second-order valence-corrected chi connectivity index (χ2v) is 5.62. The van der Waals surface area contributed by atoms with Crippen molar-refractivity contribution in [1.29, 1.82) is 0 Å². The van der Waals surface area contributed by atoms with E-state index in [0.717, 1.165) is 5.75 Å². The maximum absolute atomic E-state index is 12.1. The number of para-hydroxylation sites is 1.